The molecule has 1 unspecified atom stereocenters. The van der Waals surface area contributed by atoms with E-state index < -0.39 is 0 Å². The van der Waals surface area contributed by atoms with Gasteiger partial charge in [0.15, 0.2) is 0 Å². The molecule has 2 N–H and O–H groups in total. The lowest BCUT2D eigenvalue weighted by atomic mass is 9.95. The lowest BCUT2D eigenvalue weighted by Gasteiger charge is -2.24. The topological polar surface area (TPSA) is 50.4 Å². The van der Waals surface area contributed by atoms with Crippen molar-refractivity contribution in [1.29, 1.82) is 0 Å². The highest BCUT2D eigenvalue weighted by Gasteiger charge is 2.18. The fourth-order valence-electron chi connectivity index (χ4n) is 2.53. The van der Waals surface area contributed by atoms with Gasteiger partial charge in [-0.05, 0) is 53.0 Å². The third-order valence-electron chi connectivity index (χ3n) is 3.82. The number of carbonyl (C=O) groups excluding carboxylic acids is 1. The molecule has 1 atom stereocenters. The van der Waals surface area contributed by atoms with Crippen molar-refractivity contribution in [3.8, 4) is 0 Å². The molecule has 0 heterocycles. The summed E-state index contributed by atoms with van der Waals surface area (Å²) in [5.74, 6) is 0.148. The zero-order valence-electron chi connectivity index (χ0n) is 13.4. The second-order valence-corrected chi connectivity index (χ2v) is 6.15. The van der Waals surface area contributed by atoms with Gasteiger partial charge >= 0.3 is 0 Å². The predicted molar refractivity (Wildman–Crippen MR) is 82.8 cm³/mol. The molecule has 1 aliphatic rings. The summed E-state index contributed by atoms with van der Waals surface area (Å²) in [5.41, 5.74) is 0. The Morgan fingerprint density at radius 2 is 1.85 bits per heavy atom. The minimum absolute atomic E-state index is 0.0945. The van der Waals surface area contributed by atoms with Crippen LogP contribution in [-0.4, -0.2) is 37.2 Å². The zero-order chi connectivity index (χ0) is 14.8. The van der Waals surface area contributed by atoms with Gasteiger partial charge in [-0.15, -0.1) is 0 Å². The molecule has 1 saturated carbocycles. The van der Waals surface area contributed by atoms with Crippen LogP contribution in [0.4, 0.5) is 0 Å². The van der Waals surface area contributed by atoms with Crippen molar-refractivity contribution in [2.45, 2.75) is 83.9 Å². The van der Waals surface area contributed by atoms with Crippen LogP contribution in [0.15, 0.2) is 0 Å². The Kier molecular flexibility index (Phi) is 8.86. The van der Waals surface area contributed by atoms with Crippen molar-refractivity contribution in [3.05, 3.63) is 0 Å². The van der Waals surface area contributed by atoms with E-state index in [0.717, 1.165) is 38.8 Å². The Morgan fingerprint density at radius 1 is 1.15 bits per heavy atom. The lowest BCUT2D eigenvalue weighted by Crippen LogP contribution is -2.47. The van der Waals surface area contributed by atoms with Gasteiger partial charge in [0.25, 0.3) is 0 Å². The van der Waals surface area contributed by atoms with Gasteiger partial charge in [-0.25, -0.2) is 0 Å². The van der Waals surface area contributed by atoms with Crippen LogP contribution in [0, 0.1) is 0 Å². The first-order chi connectivity index (χ1) is 9.59. The molecule has 0 aromatic heterocycles. The highest BCUT2D eigenvalue weighted by molar-refractivity contribution is 5.81. The second-order valence-electron chi connectivity index (χ2n) is 6.15. The number of carbonyl (C=O) groups is 1. The molecular weight excluding hydrogens is 252 g/mol. The van der Waals surface area contributed by atoms with Crippen molar-refractivity contribution < 1.29 is 9.53 Å². The molecule has 0 aromatic carbocycles. The first-order valence-electron chi connectivity index (χ1n) is 8.25. The molecule has 1 amide bonds. The Bertz CT molecular complexity index is 263. The van der Waals surface area contributed by atoms with E-state index in [1.807, 2.05) is 6.92 Å². The maximum atomic E-state index is 12.0. The second kappa shape index (κ2) is 10.2. The van der Waals surface area contributed by atoms with Crippen molar-refractivity contribution in [2.24, 2.45) is 0 Å². The van der Waals surface area contributed by atoms with E-state index in [1.165, 1.54) is 19.3 Å². The minimum atomic E-state index is -0.0945. The predicted octanol–water partition coefficient (Wildman–Crippen LogP) is 2.62. The Hall–Kier alpha value is -0.610. The molecule has 118 valence electrons. The molecule has 1 rings (SSSR count). The van der Waals surface area contributed by atoms with Gasteiger partial charge in [0.05, 0.1) is 12.1 Å². The van der Waals surface area contributed by atoms with Crippen molar-refractivity contribution in [3.63, 3.8) is 0 Å². The number of hydrogen-bond acceptors (Lipinski definition) is 3. The number of ether oxygens (including phenoxy) is 1. The third-order valence-corrected chi connectivity index (χ3v) is 3.82. The molecule has 4 nitrogen and oxygen atoms in total. The van der Waals surface area contributed by atoms with E-state index in [-0.39, 0.29) is 11.9 Å². The Morgan fingerprint density at radius 3 is 2.50 bits per heavy atom. The lowest BCUT2D eigenvalue weighted by molar-refractivity contribution is -0.123. The third kappa shape index (κ3) is 7.85. The molecule has 0 saturated heterocycles. The summed E-state index contributed by atoms with van der Waals surface area (Å²) in [6, 6.07) is 0.308. The quantitative estimate of drug-likeness (QED) is 0.640. The van der Waals surface area contributed by atoms with E-state index in [2.05, 4.69) is 24.5 Å². The van der Waals surface area contributed by atoms with Gasteiger partial charge in [-0.1, -0.05) is 19.3 Å². The van der Waals surface area contributed by atoms with E-state index in [1.54, 1.807) is 0 Å². The summed E-state index contributed by atoms with van der Waals surface area (Å²) in [7, 11) is 0. The van der Waals surface area contributed by atoms with Crippen LogP contribution in [-0.2, 0) is 9.53 Å². The van der Waals surface area contributed by atoms with E-state index in [0.29, 0.717) is 12.1 Å². The molecule has 4 heteroatoms. The molecule has 20 heavy (non-hydrogen) atoms. The Balaban J connectivity index is 2.03. The number of amides is 1. The molecule has 0 radical (unpaired) electrons. The van der Waals surface area contributed by atoms with Crippen LogP contribution in [0.2, 0.25) is 0 Å². The maximum absolute atomic E-state index is 12.0. The summed E-state index contributed by atoms with van der Waals surface area (Å²) < 4.78 is 5.49. The molecular formula is C16H32N2O2. The smallest absolute Gasteiger partial charge is 0.237 e. The molecule has 0 aliphatic heterocycles. The highest BCUT2D eigenvalue weighted by Crippen LogP contribution is 2.17. The Labute approximate surface area is 124 Å². The van der Waals surface area contributed by atoms with Gasteiger partial charge in [0, 0.05) is 12.6 Å². The molecule has 0 aromatic rings. The molecule has 0 bridgehead atoms. The highest BCUT2D eigenvalue weighted by atomic mass is 16.5. The van der Waals surface area contributed by atoms with Gasteiger partial charge in [0.1, 0.15) is 0 Å². The van der Waals surface area contributed by atoms with Crippen molar-refractivity contribution in [2.75, 3.05) is 13.2 Å². The summed E-state index contributed by atoms with van der Waals surface area (Å²) in [5, 5.41) is 6.45. The van der Waals surface area contributed by atoms with Crippen LogP contribution >= 0.6 is 0 Å². The van der Waals surface area contributed by atoms with Gasteiger partial charge in [-0.3, -0.25) is 4.79 Å². The average molecular weight is 284 g/mol. The number of rotatable bonds is 9. The van der Waals surface area contributed by atoms with Crippen LogP contribution in [0.5, 0.6) is 0 Å². The minimum Gasteiger partial charge on any atom is -0.379 e. The van der Waals surface area contributed by atoms with E-state index >= 15 is 0 Å². The average Bonchev–Trinajstić information content (AvgIpc) is 2.43. The first-order valence-corrected chi connectivity index (χ1v) is 8.25. The summed E-state index contributed by atoms with van der Waals surface area (Å²) in [4.78, 5) is 12.0. The van der Waals surface area contributed by atoms with Crippen LogP contribution in [0.25, 0.3) is 0 Å². The zero-order valence-corrected chi connectivity index (χ0v) is 13.4. The van der Waals surface area contributed by atoms with E-state index in [9.17, 15) is 4.79 Å². The molecule has 1 fully saturated rings. The normalized spacial score (nSPS) is 18.2. The SMILES string of the molecule is CC(C)OCCCCNC(C)C(=O)NC1CCCCC1. The summed E-state index contributed by atoms with van der Waals surface area (Å²) in [6.45, 7) is 7.73. The fraction of sp³-hybridized carbons (Fsp3) is 0.938. The fourth-order valence-corrected chi connectivity index (χ4v) is 2.53. The number of nitrogens with one attached hydrogen (secondary N) is 2. The van der Waals surface area contributed by atoms with E-state index in [4.69, 9.17) is 4.74 Å². The summed E-state index contributed by atoms with van der Waals surface area (Å²) >= 11 is 0. The van der Waals surface area contributed by atoms with Gasteiger partial charge in [-0.2, -0.15) is 0 Å². The van der Waals surface area contributed by atoms with Gasteiger partial charge in [0.2, 0.25) is 5.91 Å². The number of unbranched alkanes of at least 4 members (excludes halogenated alkanes) is 1. The summed E-state index contributed by atoms with van der Waals surface area (Å²) in [6.07, 6.45) is 8.51. The van der Waals surface area contributed by atoms with Crippen LogP contribution in [0.3, 0.4) is 0 Å². The van der Waals surface area contributed by atoms with Crippen LogP contribution < -0.4 is 10.6 Å². The maximum Gasteiger partial charge on any atom is 0.237 e. The van der Waals surface area contributed by atoms with Crippen molar-refractivity contribution in [1.82, 2.24) is 10.6 Å². The molecule has 1 aliphatic carbocycles. The van der Waals surface area contributed by atoms with Gasteiger partial charge < -0.3 is 15.4 Å². The first kappa shape index (κ1) is 17.4. The molecule has 0 spiro atoms. The largest absolute Gasteiger partial charge is 0.379 e. The standard InChI is InChI=1S/C16H32N2O2/c1-13(2)20-12-8-7-11-17-14(3)16(19)18-15-9-5-4-6-10-15/h13-15,17H,4-12H2,1-3H3,(H,18,19). The van der Waals surface area contributed by atoms with Crippen molar-refractivity contribution >= 4 is 5.91 Å². The van der Waals surface area contributed by atoms with Crippen LogP contribution in [0.1, 0.15) is 65.7 Å². The number of hydrogen-bond donors (Lipinski definition) is 2. The monoisotopic (exact) mass is 284 g/mol.